The van der Waals surface area contributed by atoms with Crippen LogP contribution in [0.5, 0.6) is 0 Å². The Balaban J connectivity index is 1.88. The zero-order valence-corrected chi connectivity index (χ0v) is 16.5. The van der Waals surface area contributed by atoms with Crippen molar-refractivity contribution < 1.29 is 24.0 Å². The average molecular weight is 391 g/mol. The third-order valence-electron chi connectivity index (χ3n) is 5.03. The number of hydrogen-bond acceptors (Lipinski definition) is 7. The Kier molecular flexibility index (Phi) is 5.18. The summed E-state index contributed by atoms with van der Waals surface area (Å²) < 4.78 is 10.2. The standard InChI is InChI=1S/C19H25N3O6/c1-19(2,3)28-18(24)21-12-8-9-13(21)11-20(10-12)15-7-5-6-14(17(23)27-4)16(15)22(25)26/h5-7,12-13H,8-11H2,1-4H3/t12-,13?/m0/s1. The van der Waals surface area contributed by atoms with Gasteiger partial charge in [0.05, 0.1) is 24.1 Å². The van der Waals surface area contributed by atoms with E-state index in [0.717, 1.165) is 12.8 Å². The lowest BCUT2D eigenvalue weighted by Gasteiger charge is -2.42. The third-order valence-corrected chi connectivity index (χ3v) is 5.03. The summed E-state index contributed by atoms with van der Waals surface area (Å²) >= 11 is 0. The summed E-state index contributed by atoms with van der Waals surface area (Å²) in [6.45, 7) is 6.36. The van der Waals surface area contributed by atoms with Gasteiger partial charge in [-0.05, 0) is 45.7 Å². The summed E-state index contributed by atoms with van der Waals surface area (Å²) in [6, 6.07) is 4.45. The number of anilines is 1. The normalized spacial score (nSPS) is 21.4. The highest BCUT2D eigenvalue weighted by molar-refractivity contribution is 5.97. The maximum atomic E-state index is 12.6. The van der Waals surface area contributed by atoms with Crippen molar-refractivity contribution in [1.29, 1.82) is 0 Å². The Morgan fingerprint density at radius 2 is 1.79 bits per heavy atom. The molecule has 2 saturated heterocycles. The lowest BCUT2D eigenvalue weighted by Crippen LogP contribution is -2.56. The first-order chi connectivity index (χ1) is 13.1. The molecule has 1 amide bonds. The Labute approximate surface area is 163 Å². The van der Waals surface area contributed by atoms with Gasteiger partial charge < -0.3 is 14.4 Å². The molecule has 0 aliphatic carbocycles. The van der Waals surface area contributed by atoms with E-state index >= 15 is 0 Å². The van der Waals surface area contributed by atoms with E-state index in [4.69, 9.17) is 4.74 Å². The molecular formula is C19H25N3O6. The average Bonchev–Trinajstić information content (AvgIpc) is 2.89. The molecule has 2 aliphatic heterocycles. The van der Waals surface area contributed by atoms with E-state index in [1.54, 1.807) is 17.0 Å². The number of para-hydroxylation sites is 1. The fourth-order valence-electron chi connectivity index (χ4n) is 3.97. The van der Waals surface area contributed by atoms with E-state index in [1.807, 2.05) is 25.7 Å². The fourth-order valence-corrected chi connectivity index (χ4v) is 3.97. The number of nitro benzene ring substituents is 1. The van der Waals surface area contributed by atoms with E-state index in [-0.39, 0.29) is 29.4 Å². The van der Waals surface area contributed by atoms with Gasteiger partial charge in [0.2, 0.25) is 0 Å². The van der Waals surface area contributed by atoms with Crippen molar-refractivity contribution in [3.8, 4) is 0 Å². The van der Waals surface area contributed by atoms with Crippen LogP contribution in [0.15, 0.2) is 18.2 Å². The molecule has 2 atom stereocenters. The highest BCUT2D eigenvalue weighted by atomic mass is 16.6. The number of methoxy groups -OCH3 is 1. The number of benzene rings is 1. The van der Waals surface area contributed by atoms with Gasteiger partial charge >= 0.3 is 17.7 Å². The maximum absolute atomic E-state index is 12.6. The smallest absolute Gasteiger partial charge is 0.410 e. The number of carbonyl (C=O) groups is 2. The van der Waals surface area contributed by atoms with Crippen LogP contribution in [0.4, 0.5) is 16.2 Å². The van der Waals surface area contributed by atoms with Crippen molar-refractivity contribution in [3.63, 3.8) is 0 Å². The van der Waals surface area contributed by atoms with Crippen LogP contribution in [0.2, 0.25) is 0 Å². The first kappa shape index (κ1) is 19.9. The van der Waals surface area contributed by atoms with E-state index in [2.05, 4.69) is 4.74 Å². The minimum absolute atomic E-state index is 0.0769. The molecule has 2 aliphatic rings. The summed E-state index contributed by atoms with van der Waals surface area (Å²) in [6.07, 6.45) is 1.27. The van der Waals surface area contributed by atoms with Crippen molar-refractivity contribution >= 4 is 23.4 Å². The number of ether oxygens (including phenoxy) is 2. The van der Waals surface area contributed by atoms with Crippen LogP contribution in [0.25, 0.3) is 0 Å². The summed E-state index contributed by atoms with van der Waals surface area (Å²) in [7, 11) is 1.19. The number of hydrogen-bond donors (Lipinski definition) is 0. The monoisotopic (exact) mass is 391 g/mol. The number of carbonyl (C=O) groups excluding carboxylic acids is 2. The van der Waals surface area contributed by atoms with Crippen LogP contribution >= 0.6 is 0 Å². The van der Waals surface area contributed by atoms with Gasteiger partial charge in [-0.1, -0.05) is 6.07 Å². The molecule has 2 bridgehead atoms. The van der Waals surface area contributed by atoms with Gasteiger partial charge in [-0.3, -0.25) is 15.0 Å². The van der Waals surface area contributed by atoms with Gasteiger partial charge in [0.15, 0.2) is 0 Å². The van der Waals surface area contributed by atoms with Crippen LogP contribution in [0, 0.1) is 10.1 Å². The Bertz CT molecular complexity index is 789. The van der Waals surface area contributed by atoms with E-state index in [9.17, 15) is 19.7 Å². The lowest BCUT2D eigenvalue weighted by atomic mass is 10.1. The minimum Gasteiger partial charge on any atom is -0.465 e. The summed E-state index contributed by atoms with van der Waals surface area (Å²) in [5, 5.41) is 11.7. The predicted molar refractivity (Wildman–Crippen MR) is 102 cm³/mol. The third kappa shape index (κ3) is 3.74. The number of piperazine rings is 1. The van der Waals surface area contributed by atoms with Gasteiger partial charge in [-0.15, -0.1) is 0 Å². The molecule has 9 nitrogen and oxygen atoms in total. The largest absolute Gasteiger partial charge is 0.465 e. The second-order valence-corrected chi connectivity index (χ2v) is 8.10. The number of rotatable bonds is 3. The number of nitrogens with zero attached hydrogens (tertiary/aromatic N) is 3. The quantitative estimate of drug-likeness (QED) is 0.443. The molecular weight excluding hydrogens is 366 g/mol. The molecule has 0 N–H and O–H groups in total. The van der Waals surface area contributed by atoms with Crippen molar-refractivity contribution in [2.45, 2.75) is 51.3 Å². The van der Waals surface area contributed by atoms with E-state index in [0.29, 0.717) is 18.8 Å². The van der Waals surface area contributed by atoms with E-state index < -0.39 is 16.5 Å². The van der Waals surface area contributed by atoms with Crippen LogP contribution in [0.1, 0.15) is 44.0 Å². The summed E-state index contributed by atoms with van der Waals surface area (Å²) in [4.78, 5) is 39.4. The number of nitro groups is 1. The Morgan fingerprint density at radius 3 is 2.29 bits per heavy atom. The van der Waals surface area contributed by atoms with Crippen LogP contribution < -0.4 is 4.90 Å². The molecule has 1 aromatic carbocycles. The number of amides is 1. The van der Waals surface area contributed by atoms with Crippen LogP contribution in [-0.2, 0) is 9.47 Å². The summed E-state index contributed by atoms with van der Waals surface area (Å²) in [5.74, 6) is -0.746. The molecule has 0 radical (unpaired) electrons. The Hall–Kier alpha value is -2.84. The molecule has 2 heterocycles. The fraction of sp³-hybridized carbons (Fsp3) is 0.579. The minimum atomic E-state index is -0.746. The van der Waals surface area contributed by atoms with Crippen LogP contribution in [0.3, 0.4) is 0 Å². The Morgan fingerprint density at radius 1 is 1.18 bits per heavy atom. The molecule has 0 spiro atoms. The lowest BCUT2D eigenvalue weighted by molar-refractivity contribution is -0.384. The first-order valence-corrected chi connectivity index (χ1v) is 9.24. The second-order valence-electron chi connectivity index (χ2n) is 8.10. The molecule has 0 saturated carbocycles. The first-order valence-electron chi connectivity index (χ1n) is 9.24. The number of fused-ring (bicyclic) bond motifs is 2. The zero-order valence-electron chi connectivity index (χ0n) is 16.5. The topological polar surface area (TPSA) is 102 Å². The van der Waals surface area contributed by atoms with Gasteiger partial charge in [0.25, 0.3) is 0 Å². The SMILES string of the molecule is COC(=O)c1cccc(N2CC3CC[C@@H](C2)N3C(=O)OC(C)(C)C)c1[N+](=O)[O-]. The summed E-state index contributed by atoms with van der Waals surface area (Å²) in [5.41, 5.74) is -0.554. The molecule has 2 fully saturated rings. The second kappa shape index (κ2) is 7.29. The van der Waals surface area contributed by atoms with Crippen molar-refractivity contribution in [3.05, 3.63) is 33.9 Å². The molecule has 152 valence electrons. The van der Waals surface area contributed by atoms with E-state index in [1.165, 1.54) is 13.2 Å². The predicted octanol–water partition coefficient (Wildman–Crippen LogP) is 2.97. The molecule has 9 heteroatoms. The zero-order chi connectivity index (χ0) is 20.6. The number of esters is 1. The van der Waals surface area contributed by atoms with Crippen molar-refractivity contribution in [1.82, 2.24) is 4.90 Å². The van der Waals surface area contributed by atoms with Crippen molar-refractivity contribution in [2.24, 2.45) is 0 Å². The molecule has 28 heavy (non-hydrogen) atoms. The van der Waals surface area contributed by atoms with Gasteiger partial charge in [-0.2, -0.15) is 0 Å². The highest BCUT2D eigenvalue weighted by Crippen LogP contribution is 2.38. The molecule has 1 aromatic rings. The van der Waals surface area contributed by atoms with Crippen molar-refractivity contribution in [2.75, 3.05) is 25.1 Å². The van der Waals surface area contributed by atoms with Crippen LogP contribution in [-0.4, -0.2) is 59.8 Å². The highest BCUT2D eigenvalue weighted by Gasteiger charge is 2.45. The molecule has 1 unspecified atom stereocenters. The van der Waals surface area contributed by atoms with Gasteiger partial charge in [0, 0.05) is 13.1 Å². The molecule has 3 rings (SSSR count). The van der Waals surface area contributed by atoms with Gasteiger partial charge in [0.1, 0.15) is 16.9 Å². The maximum Gasteiger partial charge on any atom is 0.410 e. The van der Waals surface area contributed by atoms with Gasteiger partial charge in [-0.25, -0.2) is 9.59 Å². The molecule has 0 aromatic heterocycles.